The van der Waals surface area contributed by atoms with Crippen molar-refractivity contribution < 1.29 is 18.9 Å². The van der Waals surface area contributed by atoms with Crippen molar-refractivity contribution in [2.75, 3.05) is 11.9 Å². The Hall–Kier alpha value is -1.91. The zero-order valence-corrected chi connectivity index (χ0v) is 10.1. The number of ether oxygens (including phenoxy) is 1. The van der Waals surface area contributed by atoms with E-state index in [1.54, 1.807) is 19.1 Å². The molecule has 0 spiro atoms. The minimum atomic E-state index is -0.203. The van der Waals surface area contributed by atoms with Gasteiger partial charge in [0.05, 0.1) is 12.3 Å². The monoisotopic (exact) mass is 237 g/mol. The van der Waals surface area contributed by atoms with Crippen LogP contribution in [0.1, 0.15) is 20.3 Å². The molecule has 1 amide bonds. The van der Waals surface area contributed by atoms with Crippen LogP contribution in [-0.2, 0) is 20.9 Å². The van der Waals surface area contributed by atoms with Crippen LogP contribution >= 0.6 is 0 Å². The summed E-state index contributed by atoms with van der Waals surface area (Å²) in [6.45, 7) is 4.22. The maximum atomic E-state index is 11.1. The van der Waals surface area contributed by atoms with Gasteiger partial charge in [-0.05, 0) is 6.92 Å². The molecule has 1 aromatic rings. The first-order chi connectivity index (χ1) is 8.11. The van der Waals surface area contributed by atoms with Crippen LogP contribution in [0.25, 0.3) is 0 Å². The van der Waals surface area contributed by atoms with Gasteiger partial charge in [-0.1, -0.05) is 0 Å². The lowest BCUT2D eigenvalue weighted by Gasteiger charge is -2.01. The van der Waals surface area contributed by atoms with Crippen molar-refractivity contribution in [1.82, 2.24) is 0 Å². The third-order valence-electron chi connectivity index (χ3n) is 2.09. The summed E-state index contributed by atoms with van der Waals surface area (Å²) < 4.78 is 6.69. The molecule has 1 rings (SSSR count). The minimum Gasteiger partial charge on any atom is -0.466 e. The zero-order valence-electron chi connectivity index (χ0n) is 10.1. The van der Waals surface area contributed by atoms with Crippen molar-refractivity contribution in [2.45, 2.75) is 26.8 Å². The first kappa shape index (κ1) is 13.2. The topological polar surface area (TPSA) is 59.3 Å². The van der Waals surface area contributed by atoms with Crippen molar-refractivity contribution in [3.8, 4) is 0 Å². The van der Waals surface area contributed by atoms with Crippen LogP contribution in [0.5, 0.6) is 0 Å². The van der Waals surface area contributed by atoms with E-state index in [1.807, 2.05) is 17.0 Å². The van der Waals surface area contributed by atoms with E-state index in [0.717, 1.165) is 5.69 Å². The van der Waals surface area contributed by atoms with Gasteiger partial charge in [0.15, 0.2) is 18.9 Å². The molecular weight excluding hydrogens is 220 g/mol. The number of anilines is 1. The van der Waals surface area contributed by atoms with Gasteiger partial charge in [0, 0.05) is 19.1 Å². The van der Waals surface area contributed by atoms with E-state index in [4.69, 9.17) is 4.74 Å². The molecule has 0 radical (unpaired) electrons. The minimum absolute atomic E-state index is 0.103. The summed E-state index contributed by atoms with van der Waals surface area (Å²) in [6.07, 6.45) is 3.97. The van der Waals surface area contributed by atoms with Crippen molar-refractivity contribution in [1.29, 1.82) is 0 Å². The fourth-order valence-electron chi connectivity index (χ4n) is 1.35. The van der Waals surface area contributed by atoms with Gasteiger partial charge in [-0.25, -0.2) is 4.57 Å². The number of aromatic nitrogens is 1. The Labute approximate surface area is 100 Å². The van der Waals surface area contributed by atoms with Gasteiger partial charge < -0.3 is 10.1 Å². The third kappa shape index (κ3) is 5.10. The predicted molar refractivity (Wildman–Crippen MR) is 62.2 cm³/mol. The Morgan fingerprint density at radius 3 is 2.53 bits per heavy atom. The maximum Gasteiger partial charge on any atom is 0.312 e. The number of amides is 1. The van der Waals surface area contributed by atoms with E-state index < -0.39 is 0 Å². The molecule has 1 aromatic heterocycles. The Bertz CT molecular complexity index is 387. The van der Waals surface area contributed by atoms with Gasteiger partial charge in [-0.3, -0.25) is 9.59 Å². The number of hydrogen-bond acceptors (Lipinski definition) is 3. The molecule has 92 valence electrons. The van der Waals surface area contributed by atoms with Crippen molar-refractivity contribution >= 4 is 17.6 Å². The Morgan fingerprint density at radius 2 is 2.00 bits per heavy atom. The van der Waals surface area contributed by atoms with Gasteiger partial charge in [0.1, 0.15) is 6.42 Å². The molecule has 1 heterocycles. The molecule has 0 saturated carbocycles. The lowest BCUT2D eigenvalue weighted by Crippen LogP contribution is -2.34. The highest BCUT2D eigenvalue weighted by atomic mass is 16.5. The van der Waals surface area contributed by atoms with Gasteiger partial charge in [-0.15, -0.1) is 0 Å². The summed E-state index contributed by atoms with van der Waals surface area (Å²) >= 11 is 0. The van der Waals surface area contributed by atoms with Crippen molar-refractivity contribution in [3.05, 3.63) is 24.5 Å². The second-order valence-corrected chi connectivity index (χ2v) is 3.56. The molecule has 5 heteroatoms. The smallest absolute Gasteiger partial charge is 0.312 e. The van der Waals surface area contributed by atoms with E-state index in [0.29, 0.717) is 19.6 Å². The fraction of sp³-hybridized carbons (Fsp3) is 0.417. The molecule has 1 N–H and O–H groups in total. The molecule has 0 aliphatic carbocycles. The van der Waals surface area contributed by atoms with E-state index in [2.05, 4.69) is 5.32 Å². The number of carbonyl (C=O) groups is 2. The first-order valence-electron chi connectivity index (χ1n) is 5.54. The predicted octanol–water partition coefficient (Wildman–Crippen LogP) is 0.886. The lowest BCUT2D eigenvalue weighted by molar-refractivity contribution is -0.695. The summed E-state index contributed by atoms with van der Waals surface area (Å²) in [7, 11) is 0. The van der Waals surface area contributed by atoms with Crippen LogP contribution in [-0.4, -0.2) is 18.5 Å². The number of nitrogens with zero attached hydrogens (tertiary/aromatic N) is 1. The van der Waals surface area contributed by atoms with Crippen molar-refractivity contribution in [2.24, 2.45) is 0 Å². The van der Waals surface area contributed by atoms with Crippen LogP contribution in [0.4, 0.5) is 5.69 Å². The van der Waals surface area contributed by atoms with Crippen molar-refractivity contribution in [3.63, 3.8) is 0 Å². The molecule has 17 heavy (non-hydrogen) atoms. The largest absolute Gasteiger partial charge is 0.466 e. The number of pyridine rings is 1. The van der Waals surface area contributed by atoms with Gasteiger partial charge in [0.2, 0.25) is 5.91 Å². The standard InChI is InChI=1S/C12H16N2O3/c1-3-17-12(16)6-9-14-7-4-11(5-8-14)13-10(2)15/h4-5,7-8H,3,6,9H2,1-2H3/p+1. The average molecular weight is 237 g/mol. The van der Waals surface area contributed by atoms with E-state index in [9.17, 15) is 9.59 Å². The van der Waals surface area contributed by atoms with E-state index >= 15 is 0 Å². The molecule has 0 bridgehead atoms. The summed E-state index contributed by atoms with van der Waals surface area (Å²) in [5.41, 5.74) is 0.741. The Kier molecular flexibility index (Phi) is 5.13. The van der Waals surface area contributed by atoms with Crippen LogP contribution in [0.2, 0.25) is 0 Å². The molecule has 0 saturated heterocycles. The highest BCUT2D eigenvalue weighted by molar-refractivity contribution is 5.88. The molecule has 0 aromatic carbocycles. The molecule has 0 unspecified atom stereocenters. The number of hydrogen-bond donors (Lipinski definition) is 1. The molecule has 5 nitrogen and oxygen atoms in total. The second-order valence-electron chi connectivity index (χ2n) is 3.56. The van der Waals surface area contributed by atoms with E-state index in [1.165, 1.54) is 6.92 Å². The second kappa shape index (κ2) is 6.62. The van der Waals surface area contributed by atoms with Crippen LogP contribution in [0.15, 0.2) is 24.5 Å². The highest BCUT2D eigenvalue weighted by Gasteiger charge is 2.07. The molecule has 0 aliphatic heterocycles. The van der Waals surface area contributed by atoms with Crippen LogP contribution in [0.3, 0.4) is 0 Å². The van der Waals surface area contributed by atoms with E-state index in [-0.39, 0.29) is 11.9 Å². The first-order valence-corrected chi connectivity index (χ1v) is 5.54. The molecule has 0 fully saturated rings. The summed E-state index contributed by atoms with van der Waals surface area (Å²) in [5, 5.41) is 2.67. The van der Waals surface area contributed by atoms with Gasteiger partial charge >= 0.3 is 5.97 Å². The third-order valence-corrected chi connectivity index (χ3v) is 2.09. The zero-order chi connectivity index (χ0) is 12.7. The van der Waals surface area contributed by atoms with Crippen LogP contribution < -0.4 is 9.88 Å². The summed E-state index contributed by atoms with van der Waals surface area (Å²) in [5.74, 6) is -0.305. The maximum absolute atomic E-state index is 11.1. The van der Waals surface area contributed by atoms with Gasteiger partial charge in [0.25, 0.3) is 0 Å². The number of esters is 1. The SMILES string of the molecule is CCOC(=O)CC[n+]1ccc(NC(C)=O)cc1. The molecule has 0 aliphatic rings. The average Bonchev–Trinajstić information content (AvgIpc) is 2.28. The number of nitrogens with one attached hydrogen (secondary N) is 1. The highest BCUT2D eigenvalue weighted by Crippen LogP contribution is 2.01. The molecule has 0 atom stereocenters. The summed E-state index contributed by atoms with van der Waals surface area (Å²) in [6, 6.07) is 3.57. The quantitative estimate of drug-likeness (QED) is 0.611. The number of aryl methyl sites for hydroxylation is 1. The summed E-state index contributed by atoms with van der Waals surface area (Å²) in [4.78, 5) is 21.9. The van der Waals surface area contributed by atoms with Gasteiger partial charge in [-0.2, -0.15) is 0 Å². The molecular formula is C12H17N2O3+. The number of rotatable bonds is 5. The normalized spacial score (nSPS) is 9.76. The Balaban J connectivity index is 2.45. The van der Waals surface area contributed by atoms with Crippen LogP contribution in [0, 0.1) is 0 Å². The lowest BCUT2D eigenvalue weighted by atomic mass is 10.3. The fourth-order valence-corrected chi connectivity index (χ4v) is 1.35. The Morgan fingerprint density at radius 1 is 1.35 bits per heavy atom. The number of carbonyl (C=O) groups excluding carboxylic acids is 2.